The van der Waals surface area contributed by atoms with Gasteiger partial charge in [0.25, 0.3) is 0 Å². The third-order valence-corrected chi connectivity index (χ3v) is 15.0. The maximum absolute atomic E-state index is 12.2. The summed E-state index contributed by atoms with van der Waals surface area (Å²) in [5.74, 6) is 0.295. The number of rotatable bonds is 4. The van der Waals surface area contributed by atoms with Crippen molar-refractivity contribution in [3.8, 4) is 0 Å². The van der Waals surface area contributed by atoms with Gasteiger partial charge in [-0.3, -0.25) is 4.79 Å². The average Bonchev–Trinajstić information content (AvgIpc) is 2.22. The van der Waals surface area contributed by atoms with Crippen LogP contribution in [0.25, 0.3) is 0 Å². The Hall–Kier alpha value is 0.0238. The predicted octanol–water partition coefficient (Wildman–Crippen LogP) is 5.52. The first-order valence-corrected chi connectivity index (χ1v) is 14.7. The zero-order valence-electron chi connectivity index (χ0n) is 17.0. The number of ketones is 1. The van der Waals surface area contributed by atoms with Crippen LogP contribution in [0.5, 0.6) is 0 Å². The Morgan fingerprint density at radius 2 is 1.09 bits per heavy atom. The molecule has 0 aliphatic heterocycles. The minimum absolute atomic E-state index is 0.0342. The SMILES string of the molecule is CC(C)(C)[Si](C)(C)O[C@@H]1CC(=O)C[C@H](O[Si](C)(C)C(C)(C)C)C1. The lowest BCUT2D eigenvalue weighted by atomic mass is 9.94. The highest BCUT2D eigenvalue weighted by Crippen LogP contribution is 2.41. The van der Waals surface area contributed by atoms with Gasteiger partial charge in [-0.25, -0.2) is 0 Å². The summed E-state index contributed by atoms with van der Waals surface area (Å²) in [4.78, 5) is 12.2. The van der Waals surface area contributed by atoms with Crippen LogP contribution in [0.2, 0.25) is 36.3 Å². The maximum atomic E-state index is 12.2. The highest BCUT2D eigenvalue weighted by Gasteiger charge is 2.44. The van der Waals surface area contributed by atoms with Crippen LogP contribution >= 0.6 is 0 Å². The zero-order valence-corrected chi connectivity index (χ0v) is 19.0. The molecule has 0 heterocycles. The Bertz CT molecular complexity index is 393. The summed E-state index contributed by atoms with van der Waals surface area (Å²) in [6.07, 6.45) is 2.05. The molecule has 1 rings (SSSR count). The molecule has 0 aromatic carbocycles. The summed E-state index contributed by atoms with van der Waals surface area (Å²) >= 11 is 0. The van der Waals surface area contributed by atoms with E-state index in [4.69, 9.17) is 8.85 Å². The van der Waals surface area contributed by atoms with E-state index in [0.717, 1.165) is 6.42 Å². The lowest BCUT2D eigenvalue weighted by molar-refractivity contribution is -0.126. The molecule has 23 heavy (non-hydrogen) atoms. The summed E-state index contributed by atoms with van der Waals surface area (Å²) in [6, 6.07) is 0. The van der Waals surface area contributed by atoms with Crippen LogP contribution in [-0.4, -0.2) is 34.6 Å². The van der Waals surface area contributed by atoms with Gasteiger partial charge in [-0.05, 0) is 42.7 Å². The lowest BCUT2D eigenvalue weighted by Crippen LogP contribution is -2.49. The molecular formula is C18H38O3Si2. The summed E-state index contributed by atoms with van der Waals surface area (Å²) in [7, 11) is -3.69. The number of carbonyl (C=O) groups excluding carboxylic acids is 1. The van der Waals surface area contributed by atoms with Crippen LogP contribution in [-0.2, 0) is 13.6 Å². The van der Waals surface area contributed by atoms with Gasteiger partial charge in [-0.1, -0.05) is 41.5 Å². The fraction of sp³-hybridized carbons (Fsp3) is 0.944. The van der Waals surface area contributed by atoms with Gasteiger partial charge < -0.3 is 8.85 Å². The van der Waals surface area contributed by atoms with Crippen molar-refractivity contribution in [1.29, 1.82) is 0 Å². The standard InChI is InChI=1S/C18H38O3Si2/c1-17(2,3)22(7,8)20-15-11-14(19)12-16(13-15)21-23(9,10)18(4,5)6/h15-16H,11-13H2,1-10H3/t15-,16+. The van der Waals surface area contributed by atoms with Gasteiger partial charge in [-0.15, -0.1) is 0 Å². The minimum Gasteiger partial charge on any atom is -0.413 e. The van der Waals surface area contributed by atoms with E-state index >= 15 is 0 Å². The fourth-order valence-corrected chi connectivity index (χ4v) is 5.15. The van der Waals surface area contributed by atoms with Crippen LogP contribution in [0.4, 0.5) is 0 Å². The van der Waals surface area contributed by atoms with Gasteiger partial charge in [0.1, 0.15) is 5.78 Å². The van der Waals surface area contributed by atoms with Crippen LogP contribution < -0.4 is 0 Å². The quantitative estimate of drug-likeness (QED) is 0.621. The Labute approximate surface area is 145 Å². The number of hydrogen-bond acceptors (Lipinski definition) is 3. The largest absolute Gasteiger partial charge is 0.413 e. The maximum Gasteiger partial charge on any atom is 0.192 e. The first kappa shape index (κ1) is 21.1. The molecule has 0 amide bonds. The summed E-state index contributed by atoms with van der Waals surface area (Å²) in [5.41, 5.74) is 0. The van der Waals surface area contributed by atoms with Gasteiger partial charge in [0.2, 0.25) is 0 Å². The van der Waals surface area contributed by atoms with Crippen molar-refractivity contribution in [1.82, 2.24) is 0 Å². The van der Waals surface area contributed by atoms with Gasteiger partial charge in [0, 0.05) is 12.8 Å². The summed E-state index contributed by atoms with van der Waals surface area (Å²) in [5, 5.41) is 0.340. The molecule has 5 heteroatoms. The van der Waals surface area contributed by atoms with Crippen molar-refractivity contribution in [3.63, 3.8) is 0 Å². The number of Topliss-reactive ketones (excluding diaryl/α,β-unsaturated/α-hetero) is 1. The molecule has 0 N–H and O–H groups in total. The third kappa shape index (κ3) is 5.51. The van der Waals surface area contributed by atoms with Crippen LogP contribution in [0.1, 0.15) is 60.8 Å². The molecule has 0 aromatic rings. The monoisotopic (exact) mass is 358 g/mol. The van der Waals surface area contributed by atoms with E-state index in [1.54, 1.807) is 0 Å². The van der Waals surface area contributed by atoms with Gasteiger partial charge in [0.15, 0.2) is 16.6 Å². The molecule has 0 bridgehead atoms. The van der Waals surface area contributed by atoms with Crippen molar-refractivity contribution in [2.45, 2.75) is 109 Å². The van der Waals surface area contributed by atoms with E-state index in [-0.39, 0.29) is 22.3 Å². The summed E-state index contributed by atoms with van der Waals surface area (Å²) < 4.78 is 13.0. The third-order valence-electron chi connectivity index (χ3n) is 5.97. The van der Waals surface area contributed by atoms with Crippen molar-refractivity contribution in [3.05, 3.63) is 0 Å². The molecule has 0 radical (unpaired) electrons. The van der Waals surface area contributed by atoms with Crippen molar-refractivity contribution in [2.24, 2.45) is 0 Å². The topological polar surface area (TPSA) is 35.5 Å². The molecular weight excluding hydrogens is 320 g/mol. The molecule has 1 aliphatic rings. The van der Waals surface area contributed by atoms with Crippen molar-refractivity contribution in [2.75, 3.05) is 0 Å². The van der Waals surface area contributed by atoms with E-state index < -0.39 is 16.6 Å². The Morgan fingerprint density at radius 1 is 0.783 bits per heavy atom. The van der Waals surface area contributed by atoms with Gasteiger partial charge in [-0.2, -0.15) is 0 Å². The second-order valence-electron chi connectivity index (χ2n) is 10.2. The first-order valence-electron chi connectivity index (χ1n) is 8.92. The molecule has 0 spiro atoms. The van der Waals surface area contributed by atoms with E-state index in [1.807, 2.05) is 0 Å². The molecule has 0 unspecified atom stereocenters. The molecule has 136 valence electrons. The van der Waals surface area contributed by atoms with Crippen LogP contribution in [0.3, 0.4) is 0 Å². The minimum atomic E-state index is -1.84. The van der Waals surface area contributed by atoms with Crippen LogP contribution in [0.15, 0.2) is 0 Å². The smallest absolute Gasteiger partial charge is 0.192 e. The molecule has 0 saturated heterocycles. The van der Waals surface area contributed by atoms with Crippen molar-refractivity contribution < 1.29 is 13.6 Å². The Balaban J connectivity index is 2.79. The Morgan fingerprint density at radius 3 is 1.35 bits per heavy atom. The fourth-order valence-electron chi connectivity index (χ4n) is 2.42. The normalized spacial score (nSPS) is 24.9. The van der Waals surface area contributed by atoms with E-state index in [0.29, 0.717) is 18.6 Å². The predicted molar refractivity (Wildman–Crippen MR) is 103 cm³/mol. The Kier molecular flexibility index (Phi) is 6.17. The molecule has 1 aliphatic carbocycles. The zero-order chi connectivity index (χ0) is 18.3. The average molecular weight is 359 g/mol. The molecule has 0 aromatic heterocycles. The van der Waals surface area contributed by atoms with Gasteiger partial charge >= 0.3 is 0 Å². The second kappa shape index (κ2) is 6.73. The molecule has 2 atom stereocenters. The van der Waals surface area contributed by atoms with E-state index in [9.17, 15) is 4.79 Å². The molecule has 1 fully saturated rings. The number of carbonyl (C=O) groups is 1. The van der Waals surface area contributed by atoms with Crippen LogP contribution in [0, 0.1) is 0 Å². The van der Waals surface area contributed by atoms with Crippen molar-refractivity contribution >= 4 is 22.4 Å². The molecule has 3 nitrogen and oxygen atoms in total. The van der Waals surface area contributed by atoms with E-state index in [1.165, 1.54) is 0 Å². The highest BCUT2D eigenvalue weighted by molar-refractivity contribution is 6.74. The number of hydrogen-bond donors (Lipinski definition) is 0. The highest BCUT2D eigenvalue weighted by atomic mass is 28.4. The first-order chi connectivity index (χ1) is 10.1. The second-order valence-corrected chi connectivity index (χ2v) is 19.7. The van der Waals surface area contributed by atoms with Gasteiger partial charge in [0.05, 0.1) is 12.2 Å². The lowest BCUT2D eigenvalue weighted by Gasteiger charge is -2.44. The van der Waals surface area contributed by atoms with E-state index in [2.05, 4.69) is 67.7 Å². The molecule has 1 saturated carbocycles. The summed E-state index contributed by atoms with van der Waals surface area (Å²) in [6.45, 7) is 22.5.